The number of hydrogen-bond acceptors (Lipinski definition) is 5. The molecule has 0 N–H and O–H groups in total. The minimum atomic E-state index is -0.934. The third kappa shape index (κ3) is 2.34. The van der Waals surface area contributed by atoms with Crippen molar-refractivity contribution in [3.8, 4) is 23.0 Å². The van der Waals surface area contributed by atoms with Crippen molar-refractivity contribution in [3.63, 3.8) is 0 Å². The molecule has 0 bridgehead atoms. The van der Waals surface area contributed by atoms with Gasteiger partial charge in [-0.25, -0.2) is 0 Å². The van der Waals surface area contributed by atoms with Crippen LogP contribution in [0.3, 0.4) is 0 Å². The number of carbonyl (C=O) groups excluding carboxylic acids is 1. The number of nitrogens with zero attached hydrogens (tertiary/aromatic N) is 1. The molecular formula is C23H16ClNO5. The summed E-state index contributed by atoms with van der Waals surface area (Å²) < 4.78 is 22.9. The van der Waals surface area contributed by atoms with Gasteiger partial charge in [0.1, 0.15) is 23.5 Å². The number of anilines is 1. The molecule has 3 aromatic carbocycles. The molecule has 150 valence electrons. The maximum Gasteiger partial charge on any atom is 0.248 e. The molecule has 0 saturated carbocycles. The first-order valence-corrected chi connectivity index (χ1v) is 9.91. The lowest BCUT2D eigenvalue weighted by Gasteiger charge is -2.23. The highest BCUT2D eigenvalue weighted by molar-refractivity contribution is 6.30. The van der Waals surface area contributed by atoms with E-state index in [1.165, 1.54) is 0 Å². The van der Waals surface area contributed by atoms with E-state index in [0.29, 0.717) is 28.0 Å². The van der Waals surface area contributed by atoms with Gasteiger partial charge in [-0.1, -0.05) is 29.8 Å². The summed E-state index contributed by atoms with van der Waals surface area (Å²) in [5, 5.41) is 0.627. The second-order valence-corrected chi connectivity index (χ2v) is 7.81. The van der Waals surface area contributed by atoms with Crippen LogP contribution in [0, 0.1) is 0 Å². The summed E-state index contributed by atoms with van der Waals surface area (Å²) in [6.45, 7) is 0.467. The number of benzene rings is 3. The molecule has 6 nitrogen and oxygen atoms in total. The molecule has 7 heteroatoms. The molecule has 0 aliphatic carbocycles. The largest absolute Gasteiger partial charge is 0.491 e. The molecule has 0 fully saturated rings. The van der Waals surface area contributed by atoms with E-state index >= 15 is 0 Å². The summed E-state index contributed by atoms with van der Waals surface area (Å²) in [5.74, 6) is 2.45. The molecule has 3 aliphatic heterocycles. The quantitative estimate of drug-likeness (QED) is 0.636. The van der Waals surface area contributed by atoms with Crippen LogP contribution in [0.15, 0.2) is 60.7 Å². The fourth-order valence-corrected chi connectivity index (χ4v) is 4.49. The Morgan fingerprint density at radius 2 is 1.70 bits per heavy atom. The van der Waals surface area contributed by atoms with Gasteiger partial charge >= 0.3 is 0 Å². The highest BCUT2D eigenvalue weighted by Crippen LogP contribution is 2.54. The van der Waals surface area contributed by atoms with Gasteiger partial charge in [-0.05, 0) is 42.0 Å². The minimum Gasteiger partial charge on any atom is -0.491 e. The fraction of sp³-hybridized carbons (Fsp3) is 0.174. The van der Waals surface area contributed by atoms with Crippen molar-refractivity contribution in [3.05, 3.63) is 76.8 Å². The number of ether oxygens (including phenoxy) is 4. The third-order valence-electron chi connectivity index (χ3n) is 5.82. The molecule has 1 atom stereocenters. The normalized spacial score (nSPS) is 20.3. The van der Waals surface area contributed by atoms with Crippen molar-refractivity contribution in [2.24, 2.45) is 0 Å². The number of hydrogen-bond donors (Lipinski definition) is 0. The minimum absolute atomic E-state index is 0.0825. The van der Waals surface area contributed by atoms with Gasteiger partial charge in [0.05, 0.1) is 5.69 Å². The van der Waals surface area contributed by atoms with Gasteiger partial charge in [-0.2, -0.15) is 0 Å². The van der Waals surface area contributed by atoms with Crippen LogP contribution in [0.4, 0.5) is 5.69 Å². The Hall–Kier alpha value is -3.38. The van der Waals surface area contributed by atoms with Gasteiger partial charge in [0, 0.05) is 16.7 Å². The molecule has 3 heterocycles. The van der Waals surface area contributed by atoms with E-state index in [4.69, 9.17) is 30.5 Å². The Morgan fingerprint density at radius 1 is 0.933 bits per heavy atom. The van der Waals surface area contributed by atoms with Gasteiger partial charge < -0.3 is 18.9 Å². The number of amides is 1. The zero-order valence-electron chi connectivity index (χ0n) is 15.8. The predicted molar refractivity (Wildman–Crippen MR) is 110 cm³/mol. The molecule has 0 radical (unpaired) electrons. The van der Waals surface area contributed by atoms with Crippen LogP contribution in [0.2, 0.25) is 5.02 Å². The first-order valence-electron chi connectivity index (χ1n) is 9.53. The second kappa shape index (κ2) is 6.31. The Balaban J connectivity index is 1.41. The maximum atomic E-state index is 13.8. The average molecular weight is 422 g/mol. The van der Waals surface area contributed by atoms with Gasteiger partial charge in [-0.15, -0.1) is 0 Å². The number of para-hydroxylation sites is 1. The molecule has 0 aromatic heterocycles. The zero-order chi connectivity index (χ0) is 20.3. The Bertz CT molecular complexity index is 1180. The first kappa shape index (κ1) is 17.5. The number of fused-ring (bicyclic) bond motifs is 5. The van der Waals surface area contributed by atoms with Crippen molar-refractivity contribution in [2.75, 3.05) is 25.0 Å². The highest BCUT2D eigenvalue weighted by Gasteiger charge is 2.57. The van der Waals surface area contributed by atoms with Gasteiger partial charge in [0.2, 0.25) is 12.7 Å². The summed E-state index contributed by atoms with van der Waals surface area (Å²) in [5.41, 5.74) is 1.56. The van der Waals surface area contributed by atoms with Crippen LogP contribution in [0.1, 0.15) is 11.1 Å². The first-order chi connectivity index (χ1) is 14.7. The Labute approximate surface area is 177 Å². The van der Waals surface area contributed by atoms with Crippen LogP contribution in [-0.2, 0) is 10.2 Å². The summed E-state index contributed by atoms with van der Waals surface area (Å²) in [6, 6.07) is 18.5. The van der Waals surface area contributed by atoms with E-state index in [1.54, 1.807) is 35.2 Å². The van der Waals surface area contributed by atoms with Gasteiger partial charge in [0.25, 0.3) is 0 Å². The van der Waals surface area contributed by atoms with Crippen LogP contribution in [0.5, 0.6) is 23.0 Å². The molecule has 0 saturated heterocycles. The van der Waals surface area contributed by atoms with E-state index in [1.807, 2.05) is 30.3 Å². The van der Waals surface area contributed by atoms with E-state index in [9.17, 15) is 4.79 Å². The summed E-state index contributed by atoms with van der Waals surface area (Å²) in [4.78, 5) is 15.5. The van der Waals surface area contributed by atoms with Crippen molar-refractivity contribution in [2.45, 2.75) is 5.41 Å². The van der Waals surface area contributed by atoms with E-state index in [-0.39, 0.29) is 26.0 Å². The molecule has 3 aliphatic rings. The highest BCUT2D eigenvalue weighted by atomic mass is 35.5. The predicted octanol–water partition coefficient (Wildman–Crippen LogP) is 4.13. The van der Waals surface area contributed by atoms with Crippen molar-refractivity contribution in [1.82, 2.24) is 0 Å². The summed E-state index contributed by atoms with van der Waals surface area (Å²) in [6.07, 6.45) is 0. The van der Waals surface area contributed by atoms with Crippen molar-refractivity contribution >= 4 is 23.2 Å². The van der Waals surface area contributed by atoms with Gasteiger partial charge in [-0.3, -0.25) is 9.69 Å². The van der Waals surface area contributed by atoms with Crippen molar-refractivity contribution in [1.29, 1.82) is 0 Å². The SMILES string of the molecule is O=C1N(COc2ccc(Cl)cc2)c2ccccc2C12COc1cc3c(cc12)OCO3. The van der Waals surface area contributed by atoms with Crippen LogP contribution in [-0.4, -0.2) is 26.0 Å². The number of halogens is 1. The van der Waals surface area contributed by atoms with Crippen molar-refractivity contribution < 1.29 is 23.7 Å². The Morgan fingerprint density at radius 3 is 2.53 bits per heavy atom. The molecule has 30 heavy (non-hydrogen) atoms. The van der Waals surface area contributed by atoms with Crippen LogP contribution >= 0.6 is 11.6 Å². The third-order valence-corrected chi connectivity index (χ3v) is 6.07. The second-order valence-electron chi connectivity index (χ2n) is 7.37. The lowest BCUT2D eigenvalue weighted by atomic mass is 9.77. The zero-order valence-corrected chi connectivity index (χ0v) is 16.5. The standard InChI is InChI=1S/C23H16ClNO5/c24-14-5-7-15(8-6-14)28-12-25-18-4-2-1-3-16(18)23(22(25)26)11-27-19-10-21-20(9-17(19)23)29-13-30-21/h1-10H,11-13H2. The van der Waals surface area contributed by atoms with Crippen LogP contribution in [0.25, 0.3) is 0 Å². The molecule has 1 spiro atoms. The lowest BCUT2D eigenvalue weighted by molar-refractivity contribution is -0.122. The summed E-state index contributed by atoms with van der Waals surface area (Å²) in [7, 11) is 0. The molecule has 3 aromatic rings. The fourth-order valence-electron chi connectivity index (χ4n) is 4.36. The van der Waals surface area contributed by atoms with E-state index in [0.717, 1.165) is 16.8 Å². The monoisotopic (exact) mass is 421 g/mol. The van der Waals surface area contributed by atoms with Gasteiger partial charge in [0.15, 0.2) is 18.2 Å². The molecule has 6 rings (SSSR count). The van der Waals surface area contributed by atoms with E-state index in [2.05, 4.69) is 0 Å². The van der Waals surface area contributed by atoms with E-state index < -0.39 is 5.41 Å². The topological polar surface area (TPSA) is 57.2 Å². The summed E-state index contributed by atoms with van der Waals surface area (Å²) >= 11 is 5.95. The number of rotatable bonds is 3. The molecular weight excluding hydrogens is 406 g/mol. The van der Waals surface area contributed by atoms with Crippen LogP contribution < -0.4 is 23.8 Å². The average Bonchev–Trinajstić information content (AvgIpc) is 3.44. The smallest absolute Gasteiger partial charge is 0.248 e. The maximum absolute atomic E-state index is 13.8. The molecule has 1 amide bonds. The number of carbonyl (C=O) groups is 1. The molecule has 1 unspecified atom stereocenters. The Kier molecular flexibility index (Phi) is 3.67. The lowest BCUT2D eigenvalue weighted by Crippen LogP contribution is -2.43.